The first-order valence-electron chi connectivity index (χ1n) is 4.44. The van der Waals surface area contributed by atoms with Crippen LogP contribution in [0.2, 0.25) is 0 Å². The van der Waals surface area contributed by atoms with Gasteiger partial charge in [0.25, 0.3) is 0 Å². The van der Waals surface area contributed by atoms with E-state index in [1.807, 2.05) is 6.92 Å². The fourth-order valence-electron chi connectivity index (χ4n) is 1.02. The van der Waals surface area contributed by atoms with Crippen molar-refractivity contribution in [2.45, 2.75) is 13.3 Å². The molecule has 88 valence electrons. The maximum Gasteiger partial charge on any atom is 0.427 e. The summed E-state index contributed by atoms with van der Waals surface area (Å²) >= 11 is 0. The van der Waals surface area contributed by atoms with E-state index in [9.17, 15) is 13.2 Å². The minimum absolute atomic E-state index is 0.245. The third kappa shape index (κ3) is 4.50. The van der Waals surface area contributed by atoms with E-state index in [1.165, 1.54) is 4.72 Å². The summed E-state index contributed by atoms with van der Waals surface area (Å²) in [6.07, 6.45) is -0.276. The van der Waals surface area contributed by atoms with Crippen molar-refractivity contribution in [3.63, 3.8) is 0 Å². The number of hydrogen-bond acceptors (Lipinski definition) is 4. The summed E-state index contributed by atoms with van der Waals surface area (Å²) in [5, 5.41) is 0. The summed E-state index contributed by atoms with van der Waals surface area (Å²) in [6, 6.07) is 6.69. The second-order valence-corrected chi connectivity index (χ2v) is 5.23. The molecule has 1 aromatic rings. The van der Waals surface area contributed by atoms with Gasteiger partial charge in [0.2, 0.25) is 0 Å². The molecule has 16 heavy (non-hydrogen) atoms. The summed E-state index contributed by atoms with van der Waals surface area (Å²) in [5.41, 5.74) is 1.08. The number of carbonyl (C=O) groups excluding carboxylic acids is 1. The summed E-state index contributed by atoms with van der Waals surface area (Å²) in [6.45, 7) is 1.99. The molecular formula is C9H10ClNO4S. The second-order valence-electron chi connectivity index (χ2n) is 2.93. The zero-order chi connectivity index (χ0) is 12.2. The highest BCUT2D eigenvalue weighted by Crippen LogP contribution is 2.12. The van der Waals surface area contributed by atoms with Gasteiger partial charge in [-0.2, -0.15) is 8.42 Å². The van der Waals surface area contributed by atoms with Crippen LogP contribution in [0.25, 0.3) is 0 Å². The van der Waals surface area contributed by atoms with Crippen LogP contribution in [0.3, 0.4) is 0 Å². The third-order valence-corrected chi connectivity index (χ3v) is 2.39. The Morgan fingerprint density at radius 1 is 1.38 bits per heavy atom. The summed E-state index contributed by atoms with van der Waals surface area (Å²) < 4.78 is 27.1. The van der Waals surface area contributed by atoms with Crippen molar-refractivity contribution >= 4 is 26.0 Å². The average molecular weight is 264 g/mol. The SMILES string of the molecule is CCc1ccc(OC(=O)NS(=O)(=O)Cl)cc1. The van der Waals surface area contributed by atoms with Gasteiger partial charge in [-0.15, -0.1) is 0 Å². The number of hydrogen-bond donors (Lipinski definition) is 1. The molecule has 0 saturated heterocycles. The quantitative estimate of drug-likeness (QED) is 0.845. The van der Waals surface area contributed by atoms with E-state index in [1.54, 1.807) is 24.3 Å². The molecule has 0 saturated carbocycles. The zero-order valence-corrected chi connectivity index (χ0v) is 10.0. The van der Waals surface area contributed by atoms with Crippen molar-refractivity contribution in [3.8, 4) is 5.75 Å². The maximum atomic E-state index is 11.0. The van der Waals surface area contributed by atoms with Gasteiger partial charge >= 0.3 is 15.3 Å². The molecule has 1 rings (SSSR count). The predicted octanol–water partition coefficient (Wildman–Crippen LogP) is 1.82. The summed E-state index contributed by atoms with van der Waals surface area (Å²) in [5.74, 6) is 0.245. The molecule has 7 heteroatoms. The number of nitrogens with one attached hydrogen (secondary N) is 1. The molecule has 1 amide bonds. The molecule has 1 N–H and O–H groups in total. The number of amides is 1. The lowest BCUT2D eigenvalue weighted by molar-refractivity contribution is 0.207. The van der Waals surface area contributed by atoms with Crippen molar-refractivity contribution in [1.29, 1.82) is 0 Å². The number of rotatable bonds is 3. The van der Waals surface area contributed by atoms with Gasteiger partial charge in [-0.05, 0) is 24.1 Å². The molecule has 0 unspecified atom stereocenters. The molecule has 0 fully saturated rings. The topological polar surface area (TPSA) is 72.5 Å². The molecule has 0 aliphatic heterocycles. The smallest absolute Gasteiger partial charge is 0.410 e. The van der Waals surface area contributed by atoms with Crippen molar-refractivity contribution in [3.05, 3.63) is 29.8 Å². The van der Waals surface area contributed by atoms with Gasteiger partial charge in [0.05, 0.1) is 0 Å². The van der Waals surface area contributed by atoms with Gasteiger partial charge in [-0.3, -0.25) is 0 Å². The first-order valence-corrected chi connectivity index (χ1v) is 6.75. The van der Waals surface area contributed by atoms with Crippen LogP contribution < -0.4 is 9.46 Å². The van der Waals surface area contributed by atoms with E-state index in [0.717, 1.165) is 12.0 Å². The van der Waals surface area contributed by atoms with E-state index in [-0.39, 0.29) is 5.75 Å². The minimum atomic E-state index is -4.11. The normalized spacial score (nSPS) is 10.9. The predicted molar refractivity (Wildman–Crippen MR) is 59.8 cm³/mol. The Morgan fingerprint density at radius 3 is 2.38 bits per heavy atom. The number of benzene rings is 1. The highest BCUT2D eigenvalue weighted by molar-refractivity contribution is 8.12. The Kier molecular flexibility index (Phi) is 4.14. The minimum Gasteiger partial charge on any atom is -0.410 e. The lowest BCUT2D eigenvalue weighted by Crippen LogP contribution is -2.29. The standard InChI is InChI=1S/C9H10ClNO4S/c1-2-7-3-5-8(6-4-7)15-9(12)11-16(10,13)14/h3-6H,2H2,1H3,(H,11,12). The van der Waals surface area contributed by atoms with Crippen molar-refractivity contribution in [1.82, 2.24) is 4.72 Å². The van der Waals surface area contributed by atoms with E-state index in [0.29, 0.717) is 0 Å². The molecule has 0 atom stereocenters. The lowest BCUT2D eigenvalue weighted by Gasteiger charge is -2.04. The van der Waals surface area contributed by atoms with E-state index >= 15 is 0 Å². The first-order chi connectivity index (χ1) is 7.40. The highest BCUT2D eigenvalue weighted by atomic mass is 35.7. The van der Waals surface area contributed by atoms with Gasteiger partial charge in [-0.25, -0.2) is 9.52 Å². The van der Waals surface area contributed by atoms with Crippen LogP contribution in [0.5, 0.6) is 5.75 Å². The Labute approximate surface area is 97.9 Å². The van der Waals surface area contributed by atoms with Crippen LogP contribution in [0, 0.1) is 0 Å². The molecule has 0 aliphatic rings. The molecule has 0 bridgehead atoms. The first kappa shape index (κ1) is 12.8. The van der Waals surface area contributed by atoms with Crippen molar-refractivity contribution in [2.24, 2.45) is 0 Å². The maximum absolute atomic E-state index is 11.0. The van der Waals surface area contributed by atoms with Crippen molar-refractivity contribution < 1.29 is 17.9 Å². The van der Waals surface area contributed by atoms with Crippen LogP contribution in [0.4, 0.5) is 4.79 Å². The Morgan fingerprint density at radius 2 is 1.94 bits per heavy atom. The molecular weight excluding hydrogens is 254 g/mol. The van der Waals surface area contributed by atoms with Gasteiger partial charge in [0, 0.05) is 10.7 Å². The van der Waals surface area contributed by atoms with Crippen LogP contribution in [-0.4, -0.2) is 14.5 Å². The molecule has 0 spiro atoms. The highest BCUT2D eigenvalue weighted by Gasteiger charge is 2.12. The monoisotopic (exact) mass is 263 g/mol. The summed E-state index contributed by atoms with van der Waals surface area (Å²) in [4.78, 5) is 11.0. The zero-order valence-electron chi connectivity index (χ0n) is 8.44. The van der Waals surface area contributed by atoms with Gasteiger partial charge in [0.1, 0.15) is 5.75 Å². The molecule has 1 aromatic carbocycles. The van der Waals surface area contributed by atoms with Crippen LogP contribution in [-0.2, 0) is 15.7 Å². The van der Waals surface area contributed by atoms with Gasteiger partial charge in [0.15, 0.2) is 0 Å². The molecule has 0 radical (unpaired) electrons. The van der Waals surface area contributed by atoms with Crippen LogP contribution >= 0.6 is 10.7 Å². The molecule has 0 aliphatic carbocycles. The van der Waals surface area contributed by atoms with Gasteiger partial charge in [-0.1, -0.05) is 19.1 Å². The van der Waals surface area contributed by atoms with Crippen molar-refractivity contribution in [2.75, 3.05) is 0 Å². The number of carbonyl (C=O) groups is 1. The van der Waals surface area contributed by atoms with Gasteiger partial charge < -0.3 is 4.74 Å². The summed E-state index contributed by atoms with van der Waals surface area (Å²) in [7, 11) is 0.694. The molecule has 5 nitrogen and oxygen atoms in total. The molecule has 0 heterocycles. The van der Waals surface area contributed by atoms with E-state index in [2.05, 4.69) is 4.74 Å². The molecule has 0 aromatic heterocycles. The van der Waals surface area contributed by atoms with E-state index < -0.39 is 15.3 Å². The van der Waals surface area contributed by atoms with Crippen LogP contribution in [0.1, 0.15) is 12.5 Å². The Hall–Kier alpha value is -1.27. The second kappa shape index (κ2) is 5.18. The lowest BCUT2D eigenvalue weighted by atomic mass is 10.2. The fourth-order valence-corrected chi connectivity index (χ4v) is 1.45. The largest absolute Gasteiger partial charge is 0.427 e. The Bertz CT molecular complexity index is 469. The number of aryl methyl sites for hydroxylation is 1. The Balaban J connectivity index is 2.63. The average Bonchev–Trinajstić information content (AvgIpc) is 2.16. The fraction of sp³-hybridized carbons (Fsp3) is 0.222. The third-order valence-electron chi connectivity index (χ3n) is 1.75. The van der Waals surface area contributed by atoms with E-state index in [4.69, 9.17) is 10.7 Å². The van der Waals surface area contributed by atoms with Crippen LogP contribution in [0.15, 0.2) is 24.3 Å². The number of ether oxygens (including phenoxy) is 1. The number of halogens is 1.